The summed E-state index contributed by atoms with van der Waals surface area (Å²) in [5.41, 5.74) is 0. The van der Waals surface area contributed by atoms with E-state index in [-0.39, 0.29) is 6.61 Å². The summed E-state index contributed by atoms with van der Waals surface area (Å²) in [6.45, 7) is 0.893. The van der Waals surface area contributed by atoms with Crippen molar-refractivity contribution in [3.05, 3.63) is 18.6 Å². The number of ether oxygens (including phenoxy) is 1. The molecule has 4 nitrogen and oxygen atoms in total. The Morgan fingerprint density at radius 1 is 1.23 bits per heavy atom. The Balaban J connectivity index is 2.07. The number of nitrogens with zero attached hydrogens (tertiary/aromatic N) is 2. The molecule has 0 bridgehead atoms. The SMILES string of the molecule is OCCCCCOc1cnccn1. The third-order valence-corrected chi connectivity index (χ3v) is 1.59. The number of aliphatic hydroxyl groups is 1. The number of hydrogen-bond acceptors (Lipinski definition) is 4. The molecule has 1 heterocycles. The predicted molar refractivity (Wildman–Crippen MR) is 48.5 cm³/mol. The molecule has 1 rings (SSSR count). The zero-order valence-electron chi connectivity index (χ0n) is 7.52. The Morgan fingerprint density at radius 3 is 2.85 bits per heavy atom. The minimum absolute atomic E-state index is 0.255. The van der Waals surface area contributed by atoms with Gasteiger partial charge in [0.1, 0.15) is 0 Å². The van der Waals surface area contributed by atoms with Crippen molar-refractivity contribution in [2.45, 2.75) is 19.3 Å². The maximum atomic E-state index is 8.52. The van der Waals surface area contributed by atoms with Crippen LogP contribution in [0.4, 0.5) is 0 Å². The average Bonchev–Trinajstić information content (AvgIpc) is 2.19. The first-order valence-electron chi connectivity index (χ1n) is 4.43. The van der Waals surface area contributed by atoms with Crippen molar-refractivity contribution in [3.63, 3.8) is 0 Å². The smallest absolute Gasteiger partial charge is 0.232 e. The molecule has 0 saturated carbocycles. The molecule has 0 aliphatic rings. The topological polar surface area (TPSA) is 55.2 Å². The van der Waals surface area contributed by atoms with E-state index in [2.05, 4.69) is 9.97 Å². The van der Waals surface area contributed by atoms with Crippen LogP contribution in [-0.4, -0.2) is 28.3 Å². The van der Waals surface area contributed by atoms with Crippen molar-refractivity contribution >= 4 is 0 Å². The standard InChI is InChI=1S/C9H14N2O2/c12-6-2-1-3-7-13-9-8-10-4-5-11-9/h4-5,8,12H,1-3,6-7H2. The summed E-state index contributed by atoms with van der Waals surface area (Å²) < 4.78 is 5.30. The van der Waals surface area contributed by atoms with E-state index in [4.69, 9.17) is 9.84 Å². The van der Waals surface area contributed by atoms with Gasteiger partial charge >= 0.3 is 0 Å². The highest BCUT2D eigenvalue weighted by molar-refractivity contribution is 5.00. The Kier molecular flexibility index (Phi) is 4.86. The fraction of sp³-hybridized carbons (Fsp3) is 0.556. The zero-order valence-corrected chi connectivity index (χ0v) is 7.52. The molecular weight excluding hydrogens is 168 g/mol. The monoisotopic (exact) mass is 182 g/mol. The first-order chi connectivity index (χ1) is 6.43. The Morgan fingerprint density at radius 2 is 2.15 bits per heavy atom. The van der Waals surface area contributed by atoms with Crippen molar-refractivity contribution in [2.75, 3.05) is 13.2 Å². The van der Waals surface area contributed by atoms with Crippen LogP contribution in [-0.2, 0) is 0 Å². The van der Waals surface area contributed by atoms with Crippen molar-refractivity contribution in [1.29, 1.82) is 0 Å². The van der Waals surface area contributed by atoms with Crippen molar-refractivity contribution in [2.24, 2.45) is 0 Å². The highest BCUT2D eigenvalue weighted by atomic mass is 16.5. The van der Waals surface area contributed by atoms with Gasteiger partial charge in [0.25, 0.3) is 0 Å². The largest absolute Gasteiger partial charge is 0.477 e. The number of aliphatic hydroxyl groups excluding tert-OH is 1. The van der Waals surface area contributed by atoms with Crippen molar-refractivity contribution in [1.82, 2.24) is 9.97 Å². The van der Waals surface area contributed by atoms with Crippen molar-refractivity contribution < 1.29 is 9.84 Å². The quantitative estimate of drug-likeness (QED) is 0.667. The molecule has 13 heavy (non-hydrogen) atoms. The lowest BCUT2D eigenvalue weighted by molar-refractivity contribution is 0.262. The molecule has 1 N–H and O–H groups in total. The second-order valence-electron chi connectivity index (χ2n) is 2.68. The number of hydrogen-bond donors (Lipinski definition) is 1. The highest BCUT2D eigenvalue weighted by Gasteiger charge is 1.93. The van der Waals surface area contributed by atoms with Gasteiger partial charge in [-0.3, -0.25) is 4.98 Å². The van der Waals surface area contributed by atoms with E-state index in [1.807, 2.05) is 0 Å². The molecule has 0 amide bonds. The molecule has 0 aromatic carbocycles. The third kappa shape index (κ3) is 4.42. The number of rotatable bonds is 6. The lowest BCUT2D eigenvalue weighted by atomic mass is 10.2. The first kappa shape index (κ1) is 9.92. The van der Waals surface area contributed by atoms with Crippen LogP contribution in [0.15, 0.2) is 18.6 Å². The second-order valence-corrected chi connectivity index (χ2v) is 2.68. The first-order valence-corrected chi connectivity index (χ1v) is 4.43. The Hall–Kier alpha value is -1.16. The summed E-state index contributed by atoms with van der Waals surface area (Å²) in [6.07, 6.45) is 7.56. The maximum absolute atomic E-state index is 8.52. The molecular formula is C9H14N2O2. The summed E-state index contributed by atoms with van der Waals surface area (Å²) in [5.74, 6) is 0.562. The number of aromatic nitrogens is 2. The Bertz CT molecular complexity index is 216. The van der Waals surface area contributed by atoms with Gasteiger partial charge in [0.2, 0.25) is 5.88 Å². The summed E-state index contributed by atoms with van der Waals surface area (Å²) in [4.78, 5) is 7.83. The van der Waals surface area contributed by atoms with E-state index in [0.717, 1.165) is 19.3 Å². The van der Waals surface area contributed by atoms with E-state index >= 15 is 0 Å². The van der Waals surface area contributed by atoms with Gasteiger partial charge in [-0.2, -0.15) is 0 Å². The van der Waals surface area contributed by atoms with Gasteiger partial charge in [-0.1, -0.05) is 0 Å². The third-order valence-electron chi connectivity index (χ3n) is 1.59. The molecule has 1 aromatic rings. The van der Waals surface area contributed by atoms with Crippen LogP contribution in [0.25, 0.3) is 0 Å². The molecule has 0 spiro atoms. The van der Waals surface area contributed by atoms with Gasteiger partial charge in [0.05, 0.1) is 12.8 Å². The van der Waals surface area contributed by atoms with Crippen LogP contribution >= 0.6 is 0 Å². The molecule has 0 saturated heterocycles. The van der Waals surface area contributed by atoms with Gasteiger partial charge in [0.15, 0.2) is 0 Å². The lowest BCUT2D eigenvalue weighted by Crippen LogP contribution is -1.99. The van der Waals surface area contributed by atoms with Crippen LogP contribution in [0.1, 0.15) is 19.3 Å². The molecule has 0 radical (unpaired) electrons. The predicted octanol–water partition coefficient (Wildman–Crippen LogP) is 1.02. The minimum Gasteiger partial charge on any atom is -0.477 e. The minimum atomic E-state index is 0.255. The van der Waals surface area contributed by atoms with Crippen LogP contribution in [0, 0.1) is 0 Å². The van der Waals surface area contributed by atoms with E-state index in [9.17, 15) is 0 Å². The molecule has 0 unspecified atom stereocenters. The summed E-state index contributed by atoms with van der Waals surface area (Å²) in [7, 11) is 0. The Labute approximate surface area is 77.6 Å². The highest BCUT2D eigenvalue weighted by Crippen LogP contribution is 2.02. The summed E-state index contributed by atoms with van der Waals surface area (Å²) in [5, 5.41) is 8.52. The molecule has 4 heteroatoms. The van der Waals surface area contributed by atoms with Gasteiger partial charge in [0, 0.05) is 19.0 Å². The van der Waals surface area contributed by atoms with Gasteiger partial charge < -0.3 is 9.84 Å². The van der Waals surface area contributed by atoms with E-state index < -0.39 is 0 Å². The second kappa shape index (κ2) is 6.37. The molecule has 72 valence electrons. The lowest BCUT2D eigenvalue weighted by Gasteiger charge is -2.02. The van der Waals surface area contributed by atoms with Crippen LogP contribution in [0.5, 0.6) is 5.88 Å². The van der Waals surface area contributed by atoms with Gasteiger partial charge in [-0.15, -0.1) is 0 Å². The van der Waals surface area contributed by atoms with Crippen LogP contribution in [0.3, 0.4) is 0 Å². The summed E-state index contributed by atoms with van der Waals surface area (Å²) in [6, 6.07) is 0. The molecule has 0 aliphatic carbocycles. The normalized spacial score (nSPS) is 9.92. The van der Waals surface area contributed by atoms with Crippen molar-refractivity contribution in [3.8, 4) is 5.88 Å². The van der Waals surface area contributed by atoms with E-state index in [1.54, 1.807) is 18.6 Å². The van der Waals surface area contributed by atoms with E-state index in [0.29, 0.717) is 12.5 Å². The number of unbranched alkanes of at least 4 members (excludes halogenated alkanes) is 2. The van der Waals surface area contributed by atoms with Crippen LogP contribution in [0.2, 0.25) is 0 Å². The molecule has 0 fully saturated rings. The van der Waals surface area contributed by atoms with Crippen LogP contribution < -0.4 is 4.74 Å². The molecule has 0 aliphatic heterocycles. The average molecular weight is 182 g/mol. The zero-order chi connectivity index (χ0) is 9.36. The molecule has 0 atom stereocenters. The van der Waals surface area contributed by atoms with Gasteiger partial charge in [-0.05, 0) is 19.3 Å². The maximum Gasteiger partial charge on any atom is 0.232 e. The van der Waals surface area contributed by atoms with E-state index in [1.165, 1.54) is 0 Å². The molecule has 1 aromatic heterocycles. The van der Waals surface area contributed by atoms with Gasteiger partial charge in [-0.25, -0.2) is 4.98 Å². The summed E-state index contributed by atoms with van der Waals surface area (Å²) >= 11 is 0. The fourth-order valence-electron chi connectivity index (χ4n) is 0.927. The fourth-order valence-corrected chi connectivity index (χ4v) is 0.927.